The fraction of sp³-hybridized carbons (Fsp3) is 0.571. The van der Waals surface area contributed by atoms with Gasteiger partial charge in [0.1, 0.15) is 5.82 Å². The smallest absolute Gasteiger partial charge is 0.123 e. The van der Waals surface area contributed by atoms with Crippen LogP contribution in [0, 0.1) is 5.82 Å². The van der Waals surface area contributed by atoms with Gasteiger partial charge in [0.05, 0.1) is 0 Å². The van der Waals surface area contributed by atoms with Crippen molar-refractivity contribution in [3.05, 3.63) is 35.6 Å². The topological polar surface area (TPSA) is 15.3 Å². The molecule has 1 N–H and O–H groups in total. The summed E-state index contributed by atoms with van der Waals surface area (Å²) in [5, 5.41) is 3.42. The molecule has 1 aromatic carbocycles. The summed E-state index contributed by atoms with van der Waals surface area (Å²) in [6.45, 7) is 8.77. The van der Waals surface area contributed by atoms with Crippen LogP contribution < -0.4 is 5.32 Å². The van der Waals surface area contributed by atoms with Crippen molar-refractivity contribution in [1.29, 1.82) is 0 Å². The molecule has 1 fully saturated rings. The Morgan fingerprint density at radius 3 is 2.65 bits per heavy atom. The van der Waals surface area contributed by atoms with Crippen LogP contribution in [0.3, 0.4) is 0 Å². The van der Waals surface area contributed by atoms with Gasteiger partial charge in [-0.3, -0.25) is 4.90 Å². The molecule has 0 radical (unpaired) electrons. The van der Waals surface area contributed by atoms with Gasteiger partial charge in [0, 0.05) is 31.7 Å². The van der Waals surface area contributed by atoms with E-state index in [1.165, 1.54) is 17.7 Å². The summed E-state index contributed by atoms with van der Waals surface area (Å²) >= 11 is 0. The Bertz CT molecular complexity index is 359. The molecule has 3 heteroatoms. The molecule has 0 aliphatic carbocycles. The molecule has 0 unspecified atom stereocenters. The van der Waals surface area contributed by atoms with Crippen molar-refractivity contribution >= 4 is 0 Å². The highest BCUT2D eigenvalue weighted by molar-refractivity contribution is 5.16. The molecular formula is C14H21FN2. The molecule has 0 atom stereocenters. The van der Waals surface area contributed by atoms with E-state index in [4.69, 9.17) is 0 Å². The fourth-order valence-corrected chi connectivity index (χ4v) is 2.35. The summed E-state index contributed by atoms with van der Waals surface area (Å²) in [5.74, 6) is -0.156. The van der Waals surface area contributed by atoms with Crippen molar-refractivity contribution in [2.75, 3.05) is 26.2 Å². The van der Waals surface area contributed by atoms with Crippen LogP contribution in [0.1, 0.15) is 19.4 Å². The molecule has 0 saturated carbocycles. The summed E-state index contributed by atoms with van der Waals surface area (Å²) in [6, 6.07) is 6.84. The zero-order chi connectivity index (χ0) is 12.3. The van der Waals surface area contributed by atoms with Gasteiger partial charge in [-0.1, -0.05) is 12.1 Å². The highest BCUT2D eigenvalue weighted by Crippen LogP contribution is 2.16. The Morgan fingerprint density at radius 2 is 2.00 bits per heavy atom. The van der Waals surface area contributed by atoms with Gasteiger partial charge in [-0.05, 0) is 38.0 Å². The molecule has 0 spiro atoms. The van der Waals surface area contributed by atoms with E-state index in [2.05, 4.69) is 24.1 Å². The molecule has 0 amide bonds. The molecule has 94 valence electrons. The van der Waals surface area contributed by atoms with E-state index in [1.807, 2.05) is 12.1 Å². The first kappa shape index (κ1) is 12.5. The van der Waals surface area contributed by atoms with E-state index in [9.17, 15) is 4.39 Å². The number of rotatable bonds is 3. The van der Waals surface area contributed by atoms with Crippen molar-refractivity contribution in [3.8, 4) is 0 Å². The summed E-state index contributed by atoms with van der Waals surface area (Å²) in [5.41, 5.74) is 1.43. The van der Waals surface area contributed by atoms with Crippen molar-refractivity contribution in [3.63, 3.8) is 0 Å². The quantitative estimate of drug-likeness (QED) is 0.864. The standard InChI is InChI=1S/C14H21FN2/c1-14(2)11-16-8-10-17(14)9-7-12-3-5-13(15)6-4-12/h3-6,16H,7-11H2,1-2H3. The van der Waals surface area contributed by atoms with Crippen molar-refractivity contribution in [2.24, 2.45) is 0 Å². The van der Waals surface area contributed by atoms with Crippen LogP contribution in [0.5, 0.6) is 0 Å². The molecule has 1 aliphatic heterocycles. The predicted octanol–water partition coefficient (Wildman–Crippen LogP) is 2.05. The van der Waals surface area contributed by atoms with E-state index in [0.29, 0.717) is 0 Å². The molecule has 17 heavy (non-hydrogen) atoms. The highest BCUT2D eigenvalue weighted by Gasteiger charge is 2.28. The largest absolute Gasteiger partial charge is 0.314 e. The normalized spacial score (nSPS) is 20.4. The highest BCUT2D eigenvalue weighted by atomic mass is 19.1. The maximum absolute atomic E-state index is 12.8. The number of halogens is 1. The van der Waals surface area contributed by atoms with Gasteiger partial charge in [0.2, 0.25) is 0 Å². The Hall–Kier alpha value is -0.930. The second kappa shape index (κ2) is 5.15. The summed E-state index contributed by atoms with van der Waals surface area (Å²) in [4.78, 5) is 2.51. The first-order valence-corrected chi connectivity index (χ1v) is 6.28. The minimum Gasteiger partial charge on any atom is -0.314 e. The van der Waals surface area contributed by atoms with Gasteiger partial charge >= 0.3 is 0 Å². The third-order valence-electron chi connectivity index (χ3n) is 3.56. The lowest BCUT2D eigenvalue weighted by Gasteiger charge is -2.42. The van der Waals surface area contributed by atoms with Crippen LogP contribution in [-0.4, -0.2) is 36.6 Å². The van der Waals surface area contributed by atoms with E-state index in [1.54, 1.807) is 0 Å². The van der Waals surface area contributed by atoms with Crippen LogP contribution in [0.25, 0.3) is 0 Å². The summed E-state index contributed by atoms with van der Waals surface area (Å²) in [7, 11) is 0. The Kier molecular flexibility index (Phi) is 3.79. The van der Waals surface area contributed by atoms with E-state index in [0.717, 1.165) is 32.6 Å². The lowest BCUT2D eigenvalue weighted by molar-refractivity contribution is 0.0921. The summed E-state index contributed by atoms with van der Waals surface area (Å²) < 4.78 is 12.8. The second-order valence-corrected chi connectivity index (χ2v) is 5.35. The van der Waals surface area contributed by atoms with Crippen LogP contribution in [0.4, 0.5) is 4.39 Å². The number of piperazine rings is 1. The number of nitrogens with zero attached hydrogens (tertiary/aromatic N) is 1. The minimum absolute atomic E-state index is 0.156. The van der Waals surface area contributed by atoms with E-state index in [-0.39, 0.29) is 11.4 Å². The Balaban J connectivity index is 1.91. The minimum atomic E-state index is -0.156. The van der Waals surface area contributed by atoms with Gasteiger partial charge in [-0.15, -0.1) is 0 Å². The van der Waals surface area contributed by atoms with Crippen LogP contribution in [0.15, 0.2) is 24.3 Å². The second-order valence-electron chi connectivity index (χ2n) is 5.35. The molecule has 1 saturated heterocycles. The maximum atomic E-state index is 12.8. The van der Waals surface area contributed by atoms with Crippen LogP contribution in [0.2, 0.25) is 0 Å². The van der Waals surface area contributed by atoms with Gasteiger partial charge in [0.25, 0.3) is 0 Å². The van der Waals surface area contributed by atoms with Gasteiger partial charge in [0.15, 0.2) is 0 Å². The molecule has 0 aromatic heterocycles. The summed E-state index contributed by atoms with van der Waals surface area (Å²) in [6.07, 6.45) is 0.990. The maximum Gasteiger partial charge on any atom is 0.123 e. The lowest BCUT2D eigenvalue weighted by atomic mass is 9.99. The number of nitrogens with one attached hydrogen (secondary N) is 1. The lowest BCUT2D eigenvalue weighted by Crippen LogP contribution is -2.58. The first-order valence-electron chi connectivity index (χ1n) is 6.28. The Morgan fingerprint density at radius 1 is 1.29 bits per heavy atom. The molecule has 1 aliphatic rings. The first-order chi connectivity index (χ1) is 8.08. The van der Waals surface area contributed by atoms with Gasteiger partial charge in [-0.25, -0.2) is 4.39 Å². The average Bonchev–Trinajstić information content (AvgIpc) is 2.29. The molecule has 2 nitrogen and oxygen atoms in total. The molecular weight excluding hydrogens is 215 g/mol. The fourth-order valence-electron chi connectivity index (χ4n) is 2.35. The molecule has 0 bridgehead atoms. The predicted molar refractivity (Wildman–Crippen MR) is 68.6 cm³/mol. The molecule has 1 aromatic rings. The van der Waals surface area contributed by atoms with E-state index >= 15 is 0 Å². The van der Waals surface area contributed by atoms with E-state index < -0.39 is 0 Å². The molecule has 2 rings (SSSR count). The van der Waals surface area contributed by atoms with Crippen molar-refractivity contribution in [2.45, 2.75) is 25.8 Å². The number of hydrogen-bond acceptors (Lipinski definition) is 2. The number of hydrogen-bond donors (Lipinski definition) is 1. The van der Waals surface area contributed by atoms with Crippen molar-refractivity contribution in [1.82, 2.24) is 10.2 Å². The monoisotopic (exact) mass is 236 g/mol. The Labute approximate surface area is 103 Å². The van der Waals surface area contributed by atoms with Crippen molar-refractivity contribution < 1.29 is 4.39 Å². The van der Waals surface area contributed by atoms with Crippen LogP contribution >= 0.6 is 0 Å². The molecule has 1 heterocycles. The number of benzene rings is 1. The zero-order valence-corrected chi connectivity index (χ0v) is 10.7. The average molecular weight is 236 g/mol. The third kappa shape index (κ3) is 3.27. The van der Waals surface area contributed by atoms with Crippen LogP contribution in [-0.2, 0) is 6.42 Å². The van der Waals surface area contributed by atoms with Gasteiger partial charge in [-0.2, -0.15) is 0 Å². The van der Waals surface area contributed by atoms with Gasteiger partial charge < -0.3 is 5.32 Å². The SMILES string of the molecule is CC1(C)CNCCN1CCc1ccc(F)cc1. The zero-order valence-electron chi connectivity index (χ0n) is 10.7. The third-order valence-corrected chi connectivity index (χ3v) is 3.56.